The summed E-state index contributed by atoms with van der Waals surface area (Å²) in [5, 5.41) is 2.46. The maximum Gasteiger partial charge on any atom is 0.252 e. The third kappa shape index (κ3) is 8.22. The van der Waals surface area contributed by atoms with Crippen molar-refractivity contribution in [2.45, 2.75) is 131 Å². The highest BCUT2D eigenvalue weighted by atomic mass is 15.2. The van der Waals surface area contributed by atoms with E-state index in [0.717, 1.165) is 22.7 Å². The highest BCUT2D eigenvalue weighted by Crippen LogP contribution is 2.50. The maximum absolute atomic E-state index is 2.60. The summed E-state index contributed by atoms with van der Waals surface area (Å²) >= 11 is 0. The molecule has 2 aliphatic rings. The van der Waals surface area contributed by atoms with Crippen LogP contribution < -0.4 is 31.1 Å². The summed E-state index contributed by atoms with van der Waals surface area (Å²) in [6.07, 6.45) is 0. The van der Waals surface area contributed by atoms with E-state index in [1.165, 1.54) is 94.4 Å². The zero-order valence-corrected chi connectivity index (χ0v) is 47.0. The fraction of sp³-hybridized carbons (Fsp3) is 0.304. The molecule has 2 aliphatic heterocycles. The van der Waals surface area contributed by atoms with Crippen molar-refractivity contribution in [1.29, 1.82) is 0 Å². The van der Waals surface area contributed by atoms with Crippen molar-refractivity contribution in [3.05, 3.63) is 192 Å². The van der Waals surface area contributed by atoms with E-state index >= 15 is 0 Å². The molecule has 0 bridgehead atoms. The summed E-state index contributed by atoms with van der Waals surface area (Å²) in [6.45, 7) is 34.8. The summed E-state index contributed by atoms with van der Waals surface area (Å²) in [5.74, 6) is 0. The van der Waals surface area contributed by atoms with Crippen molar-refractivity contribution in [3.8, 4) is 0 Å². The molecule has 74 heavy (non-hydrogen) atoms. The molecule has 0 fully saturated rings. The Morgan fingerprint density at radius 1 is 0.365 bits per heavy atom. The first-order valence-corrected chi connectivity index (χ1v) is 26.9. The fourth-order valence-electron chi connectivity index (χ4n) is 11.8. The molecule has 0 N–H and O–H groups in total. The lowest BCUT2D eigenvalue weighted by molar-refractivity contribution is 0.590. The van der Waals surface area contributed by atoms with Gasteiger partial charge in [-0.3, -0.25) is 0 Å². The number of hydrogen-bond acceptors (Lipinski definition) is 3. The van der Waals surface area contributed by atoms with Gasteiger partial charge in [0, 0.05) is 68.8 Å². The van der Waals surface area contributed by atoms with Gasteiger partial charge in [-0.05, 0) is 150 Å². The summed E-state index contributed by atoms with van der Waals surface area (Å²) in [5.41, 5.74) is 23.5. The van der Waals surface area contributed by atoms with Crippen LogP contribution in [-0.2, 0) is 34.1 Å². The van der Waals surface area contributed by atoms with E-state index in [4.69, 9.17) is 0 Å². The minimum atomic E-state index is -0.0636. The van der Waals surface area contributed by atoms with Crippen molar-refractivity contribution >= 4 is 96.1 Å². The second-order valence-electron chi connectivity index (χ2n) is 26.5. The van der Waals surface area contributed by atoms with Crippen LogP contribution in [0, 0.1) is 0 Å². The highest BCUT2D eigenvalue weighted by Gasteiger charge is 2.44. The van der Waals surface area contributed by atoms with Crippen LogP contribution >= 0.6 is 0 Å². The normalized spacial score (nSPS) is 13.9. The van der Waals surface area contributed by atoms with E-state index in [0.29, 0.717) is 0 Å². The van der Waals surface area contributed by atoms with Gasteiger partial charge in [0.15, 0.2) is 0 Å². The van der Waals surface area contributed by atoms with Gasteiger partial charge in [0.2, 0.25) is 0 Å². The zero-order chi connectivity index (χ0) is 52.6. The number of hydrogen-bond donors (Lipinski definition) is 0. The number of para-hydroxylation sites is 1. The third-order valence-corrected chi connectivity index (χ3v) is 16.2. The molecule has 0 spiro atoms. The van der Waals surface area contributed by atoms with Gasteiger partial charge in [-0.15, -0.1) is 0 Å². The predicted molar refractivity (Wildman–Crippen MR) is 323 cm³/mol. The Morgan fingerprint density at radius 2 is 0.784 bits per heavy atom. The van der Waals surface area contributed by atoms with Crippen molar-refractivity contribution < 1.29 is 0 Å². The van der Waals surface area contributed by atoms with E-state index in [-0.39, 0.29) is 33.8 Å². The number of aromatic nitrogens is 1. The molecule has 0 unspecified atom stereocenters. The smallest absolute Gasteiger partial charge is 0.252 e. The van der Waals surface area contributed by atoms with Crippen LogP contribution in [0.25, 0.3) is 21.8 Å². The van der Waals surface area contributed by atoms with E-state index in [1.807, 2.05) is 0 Å². The number of aryl methyl sites for hydroxylation is 1. The molecule has 0 amide bonds. The van der Waals surface area contributed by atoms with Crippen LogP contribution in [0.3, 0.4) is 0 Å². The Hall–Kier alpha value is -6.98. The first-order chi connectivity index (χ1) is 34.8. The molecule has 1 aromatic heterocycles. The molecule has 4 nitrogen and oxygen atoms in total. The van der Waals surface area contributed by atoms with Crippen LogP contribution in [0.5, 0.6) is 0 Å². The van der Waals surface area contributed by atoms with Crippen molar-refractivity contribution in [3.63, 3.8) is 0 Å². The Morgan fingerprint density at radius 3 is 1.24 bits per heavy atom. The fourth-order valence-corrected chi connectivity index (χ4v) is 11.8. The number of nitrogens with zero attached hydrogens (tertiary/aromatic N) is 4. The Labute approximate surface area is 442 Å². The first-order valence-electron chi connectivity index (χ1n) is 26.9. The standard InChI is InChI=1S/C69H75BN4/c1-65(2,3)44-24-32-49(33-25-44)72(50-34-26-45(27-35-50)66(4,5)6)62-43-52(42-54-53-20-17-18-21-57(53)71(16)64(54)62)74-59-39-31-48(69(13,14)15)41-56(59)70-55-40-47(68(10,11)12)30-38-58(55)73(60-22-19-23-61(74)63(60)70)51-36-28-46(29-37-51)67(7,8)9/h17-43H,1-16H3. The second-order valence-corrected chi connectivity index (χ2v) is 26.5. The molecule has 3 heterocycles. The van der Waals surface area contributed by atoms with Gasteiger partial charge >= 0.3 is 0 Å². The van der Waals surface area contributed by atoms with Gasteiger partial charge in [-0.2, -0.15) is 0 Å². The highest BCUT2D eigenvalue weighted by molar-refractivity contribution is 7.00. The predicted octanol–water partition coefficient (Wildman–Crippen LogP) is 17.4. The lowest BCUT2D eigenvalue weighted by Crippen LogP contribution is -2.61. The third-order valence-electron chi connectivity index (χ3n) is 16.2. The molecular formula is C69H75BN4. The van der Waals surface area contributed by atoms with Crippen molar-refractivity contribution in [2.24, 2.45) is 7.05 Å². The molecule has 0 saturated heterocycles. The van der Waals surface area contributed by atoms with Crippen LogP contribution in [0.2, 0.25) is 0 Å². The average Bonchev–Trinajstić information content (AvgIpc) is 3.63. The molecule has 0 atom stereocenters. The van der Waals surface area contributed by atoms with Gasteiger partial charge < -0.3 is 19.3 Å². The zero-order valence-electron chi connectivity index (χ0n) is 47.0. The van der Waals surface area contributed by atoms with E-state index in [2.05, 4.69) is 294 Å². The SMILES string of the molecule is Cn1c2ccccc2c2cc(N3c4ccc(C(C)(C)C)cc4B4c5cc(C(C)(C)C)ccc5N(c5ccc(C(C)(C)C)cc5)c5cccc3c54)cc(N(c3ccc(C(C)(C)C)cc3)c3ccc(C(C)(C)C)cc3)c21. The van der Waals surface area contributed by atoms with Crippen LogP contribution in [0.1, 0.15) is 132 Å². The Balaban J connectivity index is 1.23. The summed E-state index contributed by atoms with van der Waals surface area (Å²) in [6, 6.07) is 63.5. The maximum atomic E-state index is 2.60. The second kappa shape index (κ2) is 17.0. The monoisotopic (exact) mass is 971 g/mol. The van der Waals surface area contributed by atoms with E-state index in [1.54, 1.807) is 0 Å². The largest absolute Gasteiger partial charge is 0.342 e. The minimum absolute atomic E-state index is 0.00272. The number of fused-ring (bicyclic) bond motifs is 7. The number of anilines is 9. The van der Waals surface area contributed by atoms with E-state index in [9.17, 15) is 0 Å². The summed E-state index contributed by atoms with van der Waals surface area (Å²) < 4.78 is 2.41. The quantitative estimate of drug-likeness (QED) is 0.160. The summed E-state index contributed by atoms with van der Waals surface area (Å²) in [4.78, 5) is 7.66. The van der Waals surface area contributed by atoms with Gasteiger partial charge in [0.05, 0.1) is 11.2 Å². The molecule has 0 radical (unpaired) electrons. The molecule has 9 aromatic rings. The molecule has 0 aliphatic carbocycles. The van der Waals surface area contributed by atoms with E-state index < -0.39 is 0 Å². The molecule has 8 aromatic carbocycles. The molecule has 374 valence electrons. The van der Waals surface area contributed by atoms with Crippen molar-refractivity contribution in [2.75, 3.05) is 14.7 Å². The van der Waals surface area contributed by atoms with Crippen LogP contribution in [0.15, 0.2) is 164 Å². The lowest BCUT2D eigenvalue weighted by Gasteiger charge is -2.45. The van der Waals surface area contributed by atoms with Gasteiger partial charge in [-0.25, -0.2) is 0 Å². The molecule has 11 rings (SSSR count). The number of rotatable bonds is 5. The van der Waals surface area contributed by atoms with Gasteiger partial charge in [0.25, 0.3) is 6.71 Å². The minimum Gasteiger partial charge on any atom is -0.342 e. The van der Waals surface area contributed by atoms with Crippen LogP contribution in [-0.4, -0.2) is 11.3 Å². The molecule has 0 saturated carbocycles. The van der Waals surface area contributed by atoms with Crippen LogP contribution in [0.4, 0.5) is 51.2 Å². The molecule has 5 heteroatoms. The average molecular weight is 971 g/mol. The number of benzene rings is 8. The van der Waals surface area contributed by atoms with Gasteiger partial charge in [-0.1, -0.05) is 189 Å². The molecular weight excluding hydrogens is 896 g/mol. The van der Waals surface area contributed by atoms with Crippen molar-refractivity contribution in [1.82, 2.24) is 4.57 Å². The Bertz CT molecular complexity index is 3580. The first kappa shape index (κ1) is 49.2. The lowest BCUT2D eigenvalue weighted by atomic mass is 9.33. The summed E-state index contributed by atoms with van der Waals surface area (Å²) in [7, 11) is 2.24. The van der Waals surface area contributed by atoms with Gasteiger partial charge in [0.1, 0.15) is 0 Å². The Kier molecular flexibility index (Phi) is 11.3. The topological polar surface area (TPSA) is 14.7 Å².